The van der Waals surface area contributed by atoms with Crippen molar-refractivity contribution in [1.82, 2.24) is 4.90 Å². The van der Waals surface area contributed by atoms with Gasteiger partial charge in [0.1, 0.15) is 5.60 Å². The van der Waals surface area contributed by atoms with Crippen LogP contribution in [0.15, 0.2) is 0 Å². The fraction of sp³-hybridized carbons (Fsp3) is 0.818. The minimum atomic E-state index is -0.376. The quantitative estimate of drug-likeness (QED) is 0.395. The maximum absolute atomic E-state index is 11.7. The minimum Gasteiger partial charge on any atom is -0.455 e. The van der Waals surface area contributed by atoms with Gasteiger partial charge in [-0.2, -0.15) is 12.3 Å². The molecule has 1 atom stereocenters. The Hall–Kier alpha value is -0.133. The number of piperidine rings is 1. The zero-order valence-corrected chi connectivity index (χ0v) is 10.2. The Kier molecular flexibility index (Phi) is 3.79. The number of fused-ring (bicyclic) bond motifs is 1. The van der Waals surface area contributed by atoms with Crippen molar-refractivity contribution in [2.75, 3.05) is 6.54 Å². The topological polar surface area (TPSA) is 29.5 Å². The van der Waals surface area contributed by atoms with Crippen molar-refractivity contribution in [3.05, 3.63) is 6.04 Å². The fourth-order valence-corrected chi connectivity index (χ4v) is 1.96. The van der Waals surface area contributed by atoms with E-state index in [4.69, 9.17) is 4.74 Å². The van der Waals surface area contributed by atoms with E-state index in [1.165, 1.54) is 12.5 Å². The zero-order valence-electron chi connectivity index (χ0n) is 10.2. The molecule has 1 saturated heterocycles. The van der Waals surface area contributed by atoms with Crippen molar-refractivity contribution < 1.29 is 28.4 Å². The van der Waals surface area contributed by atoms with Crippen LogP contribution in [-0.4, -0.2) is 23.1 Å². The third kappa shape index (κ3) is 3.16. The summed E-state index contributed by atoms with van der Waals surface area (Å²) < 4.78 is 5.34. The Bertz CT molecular complexity index is 249. The maximum Gasteiger partial charge on any atom is 1.00 e. The molecule has 1 aliphatic carbocycles. The van der Waals surface area contributed by atoms with E-state index in [0.29, 0.717) is 5.92 Å². The van der Waals surface area contributed by atoms with Crippen LogP contribution in [0.3, 0.4) is 0 Å². The van der Waals surface area contributed by atoms with Crippen molar-refractivity contribution in [1.29, 1.82) is 0 Å². The van der Waals surface area contributed by atoms with Gasteiger partial charge in [0.05, 0.1) is 0 Å². The summed E-state index contributed by atoms with van der Waals surface area (Å²) in [4.78, 5) is 13.6. The number of amides is 1. The molecule has 15 heavy (non-hydrogen) atoms. The van der Waals surface area contributed by atoms with Crippen LogP contribution < -0.4 is 18.9 Å². The third-order valence-corrected chi connectivity index (χ3v) is 2.66. The van der Waals surface area contributed by atoms with Gasteiger partial charge in [-0.1, -0.05) is 6.42 Å². The van der Waals surface area contributed by atoms with Crippen LogP contribution in [0.4, 0.5) is 4.79 Å². The molecule has 1 aliphatic heterocycles. The SMILES string of the molecule is CC(C)(C)OC(=O)N1CCC[C@@H]2C[C-]21.[Li+]. The molecule has 2 rings (SSSR count). The largest absolute Gasteiger partial charge is 1.00 e. The number of likely N-dealkylation sites (tertiary alicyclic amines) is 1. The molecule has 0 N–H and O–H groups in total. The first-order chi connectivity index (χ1) is 6.47. The molecule has 1 amide bonds. The van der Waals surface area contributed by atoms with E-state index >= 15 is 0 Å². The van der Waals surface area contributed by atoms with E-state index in [1.54, 1.807) is 0 Å². The summed E-state index contributed by atoms with van der Waals surface area (Å²) in [5, 5.41) is 0. The van der Waals surface area contributed by atoms with E-state index in [0.717, 1.165) is 19.4 Å². The van der Waals surface area contributed by atoms with Gasteiger partial charge in [-0.25, -0.2) is 10.8 Å². The molecular weight excluding hydrogens is 185 g/mol. The number of carbonyl (C=O) groups is 1. The van der Waals surface area contributed by atoms with Crippen LogP contribution in [0.25, 0.3) is 0 Å². The van der Waals surface area contributed by atoms with Gasteiger partial charge in [0, 0.05) is 0 Å². The predicted octanol–water partition coefficient (Wildman–Crippen LogP) is -0.427. The first-order valence-electron chi connectivity index (χ1n) is 5.33. The van der Waals surface area contributed by atoms with Crippen molar-refractivity contribution in [3.8, 4) is 0 Å². The van der Waals surface area contributed by atoms with E-state index in [2.05, 4.69) is 0 Å². The summed E-state index contributed by atoms with van der Waals surface area (Å²) in [6, 6.07) is 1.30. The monoisotopic (exact) mass is 203 g/mol. The Labute approximate surface area is 104 Å². The van der Waals surface area contributed by atoms with Gasteiger partial charge in [-0.3, -0.25) is 0 Å². The van der Waals surface area contributed by atoms with Crippen molar-refractivity contribution >= 4 is 6.09 Å². The Balaban J connectivity index is 0.00000112. The first kappa shape index (κ1) is 12.9. The second-order valence-corrected chi connectivity index (χ2v) is 5.17. The molecule has 0 spiro atoms. The molecule has 0 unspecified atom stereocenters. The molecular formula is C11H18LiNO2. The molecule has 0 aromatic rings. The molecule has 80 valence electrons. The van der Waals surface area contributed by atoms with E-state index in [9.17, 15) is 4.79 Å². The molecule has 2 aliphatic rings. The summed E-state index contributed by atoms with van der Waals surface area (Å²) in [6.07, 6.45) is 3.33. The van der Waals surface area contributed by atoms with Crippen LogP contribution in [-0.2, 0) is 4.74 Å². The Morgan fingerprint density at radius 2 is 2.13 bits per heavy atom. The van der Waals surface area contributed by atoms with Crippen LogP contribution in [0.1, 0.15) is 40.0 Å². The van der Waals surface area contributed by atoms with Gasteiger partial charge >= 0.3 is 25.0 Å². The molecule has 1 saturated carbocycles. The van der Waals surface area contributed by atoms with Gasteiger partial charge in [0.15, 0.2) is 0 Å². The average Bonchev–Trinajstić information content (AvgIpc) is 2.77. The summed E-state index contributed by atoms with van der Waals surface area (Å²) in [7, 11) is 0. The predicted molar refractivity (Wildman–Crippen MR) is 53.5 cm³/mol. The van der Waals surface area contributed by atoms with Crippen LogP contribution in [0.5, 0.6) is 0 Å². The summed E-state index contributed by atoms with van der Waals surface area (Å²) in [5.74, 6) is 0.691. The second kappa shape index (κ2) is 4.39. The van der Waals surface area contributed by atoms with Crippen LogP contribution >= 0.6 is 0 Å². The standard InChI is InChI=1S/C11H18NO2.Li/c1-11(2,3)14-10(13)12-6-4-5-8-7-9(8)12;/h8H,4-7H2,1-3H3;/q-1;+1/t8-;/m1./s1. The van der Waals surface area contributed by atoms with Crippen molar-refractivity contribution in [2.45, 2.75) is 45.6 Å². The van der Waals surface area contributed by atoms with E-state index < -0.39 is 0 Å². The first-order valence-corrected chi connectivity index (χ1v) is 5.33. The number of carbonyl (C=O) groups excluding carboxylic acids is 1. The van der Waals surface area contributed by atoms with Crippen molar-refractivity contribution in [2.24, 2.45) is 5.92 Å². The number of hydrogen-bond donors (Lipinski definition) is 0. The molecule has 2 fully saturated rings. The van der Waals surface area contributed by atoms with Gasteiger partial charge in [0.25, 0.3) is 0 Å². The Morgan fingerprint density at radius 3 is 2.73 bits per heavy atom. The normalized spacial score (nSPS) is 25.3. The molecule has 0 aromatic carbocycles. The van der Waals surface area contributed by atoms with Crippen LogP contribution in [0.2, 0.25) is 0 Å². The molecule has 4 heteroatoms. The smallest absolute Gasteiger partial charge is 0.455 e. The minimum absolute atomic E-state index is 0. The molecule has 0 bridgehead atoms. The van der Waals surface area contributed by atoms with Gasteiger partial charge in [-0.05, 0) is 33.7 Å². The Morgan fingerprint density at radius 1 is 1.47 bits per heavy atom. The van der Waals surface area contributed by atoms with E-state index in [1.807, 2.05) is 25.7 Å². The number of rotatable bonds is 0. The fourth-order valence-electron chi connectivity index (χ4n) is 1.96. The van der Waals surface area contributed by atoms with Gasteiger partial charge < -0.3 is 9.64 Å². The van der Waals surface area contributed by atoms with Crippen molar-refractivity contribution in [3.63, 3.8) is 0 Å². The zero-order chi connectivity index (χ0) is 10.3. The maximum atomic E-state index is 11.7. The number of hydrogen-bond acceptors (Lipinski definition) is 2. The molecule has 0 aromatic heterocycles. The summed E-state index contributed by atoms with van der Waals surface area (Å²) >= 11 is 0. The summed E-state index contributed by atoms with van der Waals surface area (Å²) in [6.45, 7) is 6.57. The number of nitrogens with zero attached hydrogens (tertiary/aromatic N) is 1. The van der Waals surface area contributed by atoms with E-state index in [-0.39, 0.29) is 30.6 Å². The average molecular weight is 203 g/mol. The third-order valence-electron chi connectivity index (χ3n) is 2.66. The van der Waals surface area contributed by atoms with Gasteiger partial charge in [0.2, 0.25) is 0 Å². The molecule has 1 heterocycles. The van der Waals surface area contributed by atoms with Gasteiger partial charge in [-0.15, -0.1) is 0 Å². The van der Waals surface area contributed by atoms with Crippen LogP contribution in [0, 0.1) is 12.0 Å². The summed E-state index contributed by atoms with van der Waals surface area (Å²) in [5.41, 5.74) is -0.376. The number of ether oxygens (including phenoxy) is 1. The molecule has 3 nitrogen and oxygen atoms in total. The second-order valence-electron chi connectivity index (χ2n) is 5.17. The molecule has 0 radical (unpaired) electrons.